The molecule has 0 spiro atoms. The van der Waals surface area contributed by atoms with Crippen molar-refractivity contribution >= 4 is 15.9 Å². The quantitative estimate of drug-likeness (QED) is 0.804. The first-order valence-electron chi connectivity index (χ1n) is 7.09. The van der Waals surface area contributed by atoms with Crippen LogP contribution in [0.15, 0.2) is 28.7 Å². The number of benzene rings is 1. The van der Waals surface area contributed by atoms with Crippen LogP contribution in [0.5, 0.6) is 0 Å². The Kier molecular flexibility index (Phi) is 4.70. The minimum absolute atomic E-state index is 0.166. The highest BCUT2D eigenvalue weighted by Gasteiger charge is 2.41. The van der Waals surface area contributed by atoms with E-state index in [1.54, 1.807) is 0 Å². The van der Waals surface area contributed by atoms with E-state index in [0.717, 1.165) is 24.1 Å². The van der Waals surface area contributed by atoms with Crippen molar-refractivity contribution in [1.29, 1.82) is 0 Å². The van der Waals surface area contributed by atoms with Crippen LogP contribution in [0.25, 0.3) is 0 Å². The Morgan fingerprint density at radius 2 is 2.00 bits per heavy atom. The van der Waals surface area contributed by atoms with E-state index in [2.05, 4.69) is 64.7 Å². The molecule has 0 unspecified atom stereocenters. The molecule has 1 saturated carbocycles. The third kappa shape index (κ3) is 4.04. The van der Waals surface area contributed by atoms with Gasteiger partial charge in [0.1, 0.15) is 0 Å². The van der Waals surface area contributed by atoms with Gasteiger partial charge in [0.15, 0.2) is 0 Å². The SMILES string of the molecule is CNCC1(CNCC(C)(C)c2cccc(Br)c2)CC1. The topological polar surface area (TPSA) is 24.1 Å². The zero-order chi connectivity index (χ0) is 13.9. The number of hydrogen-bond donors (Lipinski definition) is 2. The van der Waals surface area contributed by atoms with Gasteiger partial charge in [0.2, 0.25) is 0 Å². The van der Waals surface area contributed by atoms with Gasteiger partial charge in [-0.2, -0.15) is 0 Å². The third-order valence-electron chi connectivity index (χ3n) is 4.18. The average molecular weight is 325 g/mol. The molecular weight excluding hydrogens is 300 g/mol. The van der Waals surface area contributed by atoms with Gasteiger partial charge in [-0.1, -0.05) is 41.9 Å². The number of halogens is 1. The van der Waals surface area contributed by atoms with Crippen LogP contribution < -0.4 is 10.6 Å². The molecule has 1 aromatic rings. The number of rotatable bonds is 7. The first-order valence-corrected chi connectivity index (χ1v) is 7.88. The maximum atomic E-state index is 3.68. The summed E-state index contributed by atoms with van der Waals surface area (Å²) in [5.74, 6) is 0. The second kappa shape index (κ2) is 5.94. The van der Waals surface area contributed by atoms with Crippen LogP contribution in [-0.2, 0) is 5.41 Å². The van der Waals surface area contributed by atoms with Crippen molar-refractivity contribution < 1.29 is 0 Å². The molecule has 0 amide bonds. The lowest BCUT2D eigenvalue weighted by Crippen LogP contribution is -2.38. The van der Waals surface area contributed by atoms with E-state index in [4.69, 9.17) is 0 Å². The Hall–Kier alpha value is -0.380. The Morgan fingerprint density at radius 3 is 2.58 bits per heavy atom. The van der Waals surface area contributed by atoms with Crippen molar-refractivity contribution in [3.05, 3.63) is 34.3 Å². The van der Waals surface area contributed by atoms with Gasteiger partial charge in [0, 0.05) is 29.5 Å². The van der Waals surface area contributed by atoms with E-state index < -0.39 is 0 Å². The molecule has 0 radical (unpaired) electrons. The molecule has 106 valence electrons. The monoisotopic (exact) mass is 324 g/mol. The number of hydrogen-bond acceptors (Lipinski definition) is 2. The van der Waals surface area contributed by atoms with Crippen LogP contribution in [0.3, 0.4) is 0 Å². The van der Waals surface area contributed by atoms with E-state index in [1.165, 1.54) is 18.4 Å². The van der Waals surface area contributed by atoms with E-state index in [-0.39, 0.29) is 5.41 Å². The Morgan fingerprint density at radius 1 is 1.26 bits per heavy atom. The normalized spacial score (nSPS) is 17.5. The van der Waals surface area contributed by atoms with Gasteiger partial charge in [-0.25, -0.2) is 0 Å². The van der Waals surface area contributed by atoms with Crippen molar-refractivity contribution in [2.45, 2.75) is 32.1 Å². The van der Waals surface area contributed by atoms with Crippen LogP contribution >= 0.6 is 15.9 Å². The average Bonchev–Trinajstić information content (AvgIpc) is 3.09. The predicted molar refractivity (Wildman–Crippen MR) is 85.6 cm³/mol. The fourth-order valence-corrected chi connectivity index (χ4v) is 3.02. The third-order valence-corrected chi connectivity index (χ3v) is 4.68. The summed E-state index contributed by atoms with van der Waals surface area (Å²) in [6.45, 7) is 7.90. The van der Waals surface area contributed by atoms with E-state index in [1.807, 2.05) is 7.05 Å². The second-order valence-corrected chi connectivity index (χ2v) is 7.44. The molecule has 2 nitrogen and oxygen atoms in total. The molecule has 0 bridgehead atoms. The largest absolute Gasteiger partial charge is 0.319 e. The van der Waals surface area contributed by atoms with Gasteiger partial charge in [-0.15, -0.1) is 0 Å². The molecule has 0 heterocycles. The van der Waals surface area contributed by atoms with Crippen molar-refractivity contribution in [2.24, 2.45) is 5.41 Å². The van der Waals surface area contributed by atoms with Gasteiger partial charge < -0.3 is 10.6 Å². The molecule has 0 aliphatic heterocycles. The summed E-state index contributed by atoms with van der Waals surface area (Å²) in [4.78, 5) is 0. The lowest BCUT2D eigenvalue weighted by atomic mass is 9.84. The van der Waals surface area contributed by atoms with Crippen LogP contribution in [0.1, 0.15) is 32.3 Å². The maximum Gasteiger partial charge on any atom is 0.0178 e. The molecule has 19 heavy (non-hydrogen) atoms. The van der Waals surface area contributed by atoms with Crippen molar-refractivity contribution in [3.8, 4) is 0 Å². The zero-order valence-corrected chi connectivity index (χ0v) is 13.8. The summed E-state index contributed by atoms with van der Waals surface area (Å²) in [5, 5.41) is 6.99. The molecule has 2 rings (SSSR count). The van der Waals surface area contributed by atoms with Crippen LogP contribution in [0.2, 0.25) is 0 Å². The lowest BCUT2D eigenvalue weighted by Gasteiger charge is -2.27. The van der Waals surface area contributed by atoms with Crippen LogP contribution in [-0.4, -0.2) is 26.7 Å². The first kappa shape index (κ1) is 15.0. The minimum Gasteiger partial charge on any atom is -0.319 e. The molecular formula is C16H25BrN2. The molecule has 0 saturated heterocycles. The highest BCUT2D eigenvalue weighted by Crippen LogP contribution is 2.44. The summed E-state index contributed by atoms with van der Waals surface area (Å²) in [6, 6.07) is 8.64. The predicted octanol–water partition coefficient (Wildman–Crippen LogP) is 3.32. The minimum atomic E-state index is 0.166. The molecule has 0 atom stereocenters. The van der Waals surface area contributed by atoms with Crippen molar-refractivity contribution in [3.63, 3.8) is 0 Å². The lowest BCUT2D eigenvalue weighted by molar-refractivity contribution is 0.396. The van der Waals surface area contributed by atoms with Crippen LogP contribution in [0, 0.1) is 5.41 Å². The summed E-state index contributed by atoms with van der Waals surface area (Å²) < 4.78 is 1.16. The van der Waals surface area contributed by atoms with Crippen LogP contribution in [0.4, 0.5) is 0 Å². The second-order valence-electron chi connectivity index (χ2n) is 6.53. The first-order chi connectivity index (χ1) is 8.97. The maximum absolute atomic E-state index is 3.68. The Balaban J connectivity index is 1.87. The molecule has 1 aromatic carbocycles. The summed E-state index contributed by atoms with van der Waals surface area (Å²) in [7, 11) is 2.05. The van der Waals surface area contributed by atoms with Crippen molar-refractivity contribution in [2.75, 3.05) is 26.7 Å². The molecule has 2 N–H and O–H groups in total. The number of nitrogens with one attached hydrogen (secondary N) is 2. The molecule has 1 aliphatic carbocycles. The molecule has 1 fully saturated rings. The smallest absolute Gasteiger partial charge is 0.0178 e. The molecule has 1 aliphatic rings. The van der Waals surface area contributed by atoms with Crippen molar-refractivity contribution in [1.82, 2.24) is 10.6 Å². The summed E-state index contributed by atoms with van der Waals surface area (Å²) in [5.41, 5.74) is 2.08. The van der Waals surface area contributed by atoms with Gasteiger partial charge in [0.25, 0.3) is 0 Å². The van der Waals surface area contributed by atoms with E-state index >= 15 is 0 Å². The van der Waals surface area contributed by atoms with Gasteiger partial charge in [-0.05, 0) is 43.0 Å². The molecule has 3 heteroatoms. The highest BCUT2D eigenvalue weighted by atomic mass is 79.9. The summed E-state index contributed by atoms with van der Waals surface area (Å²) in [6.07, 6.45) is 2.72. The highest BCUT2D eigenvalue weighted by molar-refractivity contribution is 9.10. The van der Waals surface area contributed by atoms with Gasteiger partial charge in [0.05, 0.1) is 0 Å². The van der Waals surface area contributed by atoms with E-state index in [9.17, 15) is 0 Å². The standard InChI is InChI=1S/C16H25BrN2/c1-15(2,13-5-4-6-14(17)9-13)10-19-12-16(7-8-16)11-18-3/h4-6,9,18-19H,7-8,10-12H2,1-3H3. The Bertz CT molecular complexity index is 425. The molecule has 0 aromatic heterocycles. The van der Waals surface area contributed by atoms with Gasteiger partial charge in [-0.3, -0.25) is 0 Å². The van der Waals surface area contributed by atoms with E-state index in [0.29, 0.717) is 5.41 Å². The Labute approximate surface area is 125 Å². The summed E-state index contributed by atoms with van der Waals surface area (Å²) >= 11 is 3.56. The fourth-order valence-electron chi connectivity index (χ4n) is 2.62. The fraction of sp³-hybridized carbons (Fsp3) is 0.625. The van der Waals surface area contributed by atoms with Gasteiger partial charge >= 0.3 is 0 Å². The zero-order valence-electron chi connectivity index (χ0n) is 12.2.